The zero-order valence-electron chi connectivity index (χ0n) is 20.8. The van der Waals surface area contributed by atoms with Crippen molar-refractivity contribution in [1.82, 2.24) is 16.0 Å². The molecule has 17 nitrogen and oxygen atoms in total. The summed E-state index contributed by atoms with van der Waals surface area (Å²) in [7, 11) is 0. The van der Waals surface area contributed by atoms with E-state index in [1.807, 2.05) is 0 Å². The summed E-state index contributed by atoms with van der Waals surface area (Å²) < 4.78 is 0. The molecule has 38 heavy (non-hydrogen) atoms. The van der Waals surface area contributed by atoms with Gasteiger partial charge in [0.2, 0.25) is 17.7 Å². The molecule has 4 atom stereocenters. The van der Waals surface area contributed by atoms with E-state index in [9.17, 15) is 29.1 Å². The maximum Gasteiger partial charge on any atom is 0.326 e. The predicted octanol–water partition coefficient (Wildman–Crippen LogP) is -4.25. The van der Waals surface area contributed by atoms with E-state index in [0.717, 1.165) is 0 Å². The number of nitrogens with one attached hydrogen (secondary N) is 3. The Bertz CT molecular complexity index is 878. The van der Waals surface area contributed by atoms with Crippen LogP contribution < -0.4 is 44.6 Å². The molecule has 216 valence electrons. The normalized spacial score (nSPS) is 13.6. The maximum absolute atomic E-state index is 12.9. The maximum atomic E-state index is 12.9. The number of aliphatic carboxylic acids is 2. The van der Waals surface area contributed by atoms with Gasteiger partial charge < -0.3 is 54.8 Å². The Morgan fingerprint density at radius 3 is 1.61 bits per heavy atom. The third-order valence-corrected chi connectivity index (χ3v) is 5.32. The highest BCUT2D eigenvalue weighted by Gasteiger charge is 2.29. The quantitative estimate of drug-likeness (QED) is 0.0308. The summed E-state index contributed by atoms with van der Waals surface area (Å²) in [5.74, 6) is -5.29. The minimum Gasteiger partial charge on any atom is -0.481 e. The molecule has 0 saturated heterocycles. The molecule has 0 aromatic carbocycles. The summed E-state index contributed by atoms with van der Waals surface area (Å²) in [4.78, 5) is 67.9. The first-order valence-electron chi connectivity index (χ1n) is 11.6. The minimum atomic E-state index is -1.30. The van der Waals surface area contributed by atoms with Crippen LogP contribution in [0, 0.1) is 0 Å². The van der Waals surface area contributed by atoms with Gasteiger partial charge in [-0.3, -0.25) is 29.2 Å². The lowest BCUT2D eigenvalue weighted by atomic mass is 10.1. The lowest BCUT2D eigenvalue weighted by Gasteiger charge is -2.24. The van der Waals surface area contributed by atoms with Crippen LogP contribution in [-0.2, 0) is 24.0 Å². The summed E-state index contributed by atoms with van der Waals surface area (Å²) in [5.41, 5.74) is 26.7. The van der Waals surface area contributed by atoms with Gasteiger partial charge in [0, 0.05) is 25.3 Å². The van der Waals surface area contributed by atoms with Crippen molar-refractivity contribution in [3.8, 4) is 0 Å². The molecule has 15 N–H and O–H groups in total. The van der Waals surface area contributed by atoms with Crippen LogP contribution in [0.3, 0.4) is 0 Å². The Kier molecular flexibility index (Phi) is 16.6. The van der Waals surface area contributed by atoms with Gasteiger partial charge in [0.15, 0.2) is 11.9 Å². The zero-order valence-corrected chi connectivity index (χ0v) is 21.7. The number of amides is 3. The van der Waals surface area contributed by atoms with Gasteiger partial charge in [0.05, 0.1) is 6.04 Å². The first-order chi connectivity index (χ1) is 17.8. The molecule has 0 fully saturated rings. The highest BCUT2D eigenvalue weighted by molar-refractivity contribution is 7.80. The van der Waals surface area contributed by atoms with Crippen molar-refractivity contribution in [2.45, 2.75) is 62.7 Å². The fourth-order valence-electron chi connectivity index (χ4n) is 2.96. The van der Waals surface area contributed by atoms with E-state index in [0.29, 0.717) is 0 Å². The van der Waals surface area contributed by atoms with E-state index in [-0.39, 0.29) is 69.3 Å². The van der Waals surface area contributed by atoms with Gasteiger partial charge in [-0.25, -0.2) is 4.79 Å². The molecule has 0 rings (SSSR count). The number of hydrogen-bond acceptors (Lipinski definition) is 9. The topological polar surface area (TPSA) is 317 Å². The van der Waals surface area contributed by atoms with Crippen LogP contribution in [0.4, 0.5) is 0 Å². The Morgan fingerprint density at radius 1 is 0.711 bits per heavy atom. The molecule has 0 spiro atoms. The van der Waals surface area contributed by atoms with E-state index in [1.165, 1.54) is 0 Å². The number of thiol groups is 1. The summed E-state index contributed by atoms with van der Waals surface area (Å²) >= 11 is 4.05. The van der Waals surface area contributed by atoms with E-state index >= 15 is 0 Å². The average Bonchev–Trinajstić information content (AvgIpc) is 2.83. The summed E-state index contributed by atoms with van der Waals surface area (Å²) in [5, 5.41) is 25.4. The van der Waals surface area contributed by atoms with Gasteiger partial charge >= 0.3 is 11.9 Å². The number of carboxylic acids is 2. The molecule has 18 heteroatoms. The van der Waals surface area contributed by atoms with Gasteiger partial charge in [-0.05, 0) is 32.1 Å². The average molecular weight is 563 g/mol. The van der Waals surface area contributed by atoms with Crippen LogP contribution in [0.25, 0.3) is 0 Å². The van der Waals surface area contributed by atoms with Gasteiger partial charge in [-0.15, -0.1) is 0 Å². The van der Waals surface area contributed by atoms with Crippen LogP contribution in [0.5, 0.6) is 0 Å². The van der Waals surface area contributed by atoms with E-state index in [1.54, 1.807) is 0 Å². The standard InChI is InChI=1S/C20H38N10O7S/c21-10(5-6-14(31)32)15(33)30-13(9-38)17(35)28-11(3-1-7-26-19(22)23)16(34)29-12(18(36)37)4-2-8-27-20(24)25/h10-13,38H,1-9,21H2,(H,28,35)(H,29,34)(H,30,33)(H,31,32)(H,36,37)(H4,22,23,26)(H4,24,25,27). The number of carboxylic acid groups (broad SMARTS) is 2. The molecule has 3 amide bonds. The molecule has 4 unspecified atom stereocenters. The number of aliphatic imine (C=N–C) groups is 2. The SMILES string of the molecule is NC(N)=NCCCC(NC(=O)C(CCCN=C(N)N)NC(=O)C(CS)NC(=O)C(N)CCC(=O)O)C(=O)O. The van der Waals surface area contributed by atoms with Crippen molar-refractivity contribution < 1.29 is 34.2 Å². The molecule has 0 radical (unpaired) electrons. The van der Waals surface area contributed by atoms with Crippen molar-refractivity contribution in [1.29, 1.82) is 0 Å². The summed E-state index contributed by atoms with van der Waals surface area (Å²) in [6.07, 6.45) is 0.0396. The molecule has 0 saturated carbocycles. The molecule has 0 aromatic rings. The van der Waals surface area contributed by atoms with Crippen molar-refractivity contribution in [3.05, 3.63) is 0 Å². The molecule has 0 aliphatic heterocycles. The monoisotopic (exact) mass is 562 g/mol. The number of nitrogens with two attached hydrogens (primary N) is 5. The van der Waals surface area contributed by atoms with Crippen LogP contribution in [0.15, 0.2) is 9.98 Å². The third kappa shape index (κ3) is 15.3. The van der Waals surface area contributed by atoms with Crippen LogP contribution in [0.1, 0.15) is 38.5 Å². The lowest BCUT2D eigenvalue weighted by molar-refractivity contribution is -0.142. The van der Waals surface area contributed by atoms with Crippen molar-refractivity contribution in [2.75, 3.05) is 18.8 Å². The number of guanidine groups is 2. The predicted molar refractivity (Wildman–Crippen MR) is 142 cm³/mol. The highest BCUT2D eigenvalue weighted by Crippen LogP contribution is 2.05. The van der Waals surface area contributed by atoms with Gasteiger partial charge in [0.1, 0.15) is 18.1 Å². The second-order valence-electron chi connectivity index (χ2n) is 8.14. The zero-order chi connectivity index (χ0) is 29.3. The number of nitrogens with zero attached hydrogens (tertiary/aromatic N) is 2. The largest absolute Gasteiger partial charge is 0.481 e. The highest BCUT2D eigenvalue weighted by atomic mass is 32.1. The number of rotatable bonds is 19. The van der Waals surface area contributed by atoms with Gasteiger partial charge in [-0.2, -0.15) is 12.6 Å². The first-order valence-corrected chi connectivity index (χ1v) is 12.2. The van der Waals surface area contributed by atoms with Crippen LogP contribution in [-0.4, -0.2) is 94.8 Å². The molecule has 0 bridgehead atoms. The fourth-order valence-corrected chi connectivity index (χ4v) is 3.22. The van der Waals surface area contributed by atoms with Crippen LogP contribution in [0.2, 0.25) is 0 Å². The summed E-state index contributed by atoms with van der Waals surface area (Å²) in [6.45, 7) is 0.284. The number of carbonyl (C=O) groups is 5. The number of carbonyl (C=O) groups excluding carboxylic acids is 3. The fraction of sp³-hybridized carbons (Fsp3) is 0.650. The minimum absolute atomic E-state index is 0.00999. The van der Waals surface area contributed by atoms with E-state index in [4.69, 9.17) is 33.8 Å². The number of hydrogen-bond donors (Lipinski definition) is 11. The Hall–Kier alpha value is -3.80. The lowest BCUT2D eigenvalue weighted by Crippen LogP contribution is -2.57. The van der Waals surface area contributed by atoms with Gasteiger partial charge in [0.25, 0.3) is 0 Å². The van der Waals surface area contributed by atoms with E-state index < -0.39 is 53.8 Å². The Balaban J connectivity index is 5.41. The molecular formula is C20H38N10O7S. The van der Waals surface area contributed by atoms with Crippen molar-refractivity contribution >= 4 is 54.2 Å². The van der Waals surface area contributed by atoms with Crippen LogP contribution >= 0.6 is 12.6 Å². The third-order valence-electron chi connectivity index (χ3n) is 4.96. The Labute approximate surface area is 224 Å². The second kappa shape index (κ2) is 18.4. The Morgan fingerprint density at radius 2 is 1.16 bits per heavy atom. The summed E-state index contributed by atoms with van der Waals surface area (Å²) in [6, 6.07) is -4.91. The molecular weight excluding hydrogens is 524 g/mol. The van der Waals surface area contributed by atoms with Gasteiger partial charge in [-0.1, -0.05) is 0 Å². The second-order valence-corrected chi connectivity index (χ2v) is 8.51. The first kappa shape index (κ1) is 34.2. The smallest absolute Gasteiger partial charge is 0.326 e. The molecule has 0 aliphatic carbocycles. The van der Waals surface area contributed by atoms with E-state index in [2.05, 4.69) is 38.6 Å². The van der Waals surface area contributed by atoms with Crippen molar-refractivity contribution in [2.24, 2.45) is 38.7 Å². The molecule has 0 aromatic heterocycles. The molecule has 0 aliphatic rings. The molecule has 0 heterocycles. The van der Waals surface area contributed by atoms with Crippen molar-refractivity contribution in [3.63, 3.8) is 0 Å².